The standard InChI is InChI=1S/C19H26N3S2.O.Tc/c1-22(2)18-6-3-15(4-7-18)16-5-8-19(21-10-12-24)17(13-16)14-20-9-11-23;;/h3-8,13,20,23-24H,9-12,14H2,1-2H3;;/q-1;;+4/p-2. The average molecular weight is 473 g/mol. The van der Waals surface area contributed by atoms with E-state index in [2.05, 4.69) is 58.0 Å². The van der Waals surface area contributed by atoms with Crippen LogP contribution in [0.25, 0.3) is 16.4 Å². The Hall–Kier alpha value is -0.851. The van der Waals surface area contributed by atoms with Gasteiger partial charge in [0.25, 0.3) is 0 Å². The molecule has 0 amide bonds. The van der Waals surface area contributed by atoms with E-state index in [9.17, 15) is 0 Å². The molecule has 2 aromatic carbocycles. The molecule has 2 aromatic rings. The molecule has 0 fully saturated rings. The SMILES string of the molecule is CN(C)c1ccc(-c2ccc([N-]CC[S-])c(CNCC[S-])c2)cc1.[O]=[Tc+4]. The molecule has 0 aliphatic rings. The molecule has 0 radical (unpaired) electrons. The molecule has 1 N–H and O–H groups in total. The maximum absolute atomic E-state index is 8.22. The van der Waals surface area contributed by atoms with Crippen LogP contribution in [0.15, 0.2) is 42.5 Å². The molecule has 26 heavy (non-hydrogen) atoms. The molecule has 2 rings (SSSR count). The van der Waals surface area contributed by atoms with Gasteiger partial charge < -0.3 is 40.8 Å². The van der Waals surface area contributed by atoms with Gasteiger partial charge in [-0.1, -0.05) is 30.3 Å². The van der Waals surface area contributed by atoms with Crippen LogP contribution >= 0.6 is 0 Å². The van der Waals surface area contributed by atoms with Crippen molar-refractivity contribution in [2.24, 2.45) is 0 Å². The van der Waals surface area contributed by atoms with Crippen LogP contribution in [0.1, 0.15) is 5.56 Å². The molecule has 0 aliphatic carbocycles. The summed E-state index contributed by atoms with van der Waals surface area (Å²) >= 11 is 10.9. The maximum atomic E-state index is 8.22. The first-order valence-electron chi connectivity index (χ1n) is 8.26. The van der Waals surface area contributed by atoms with Crippen LogP contribution in [0.3, 0.4) is 0 Å². The number of nitrogens with one attached hydrogen (secondary N) is 1. The molecular formula is C19H24N3OS2Tc+. The minimum absolute atomic E-state index is 0.646. The number of anilines is 1. The van der Waals surface area contributed by atoms with E-state index in [0.717, 1.165) is 37.6 Å². The Kier molecular flexibility index (Phi) is 11.9. The fraction of sp³-hybridized carbons (Fsp3) is 0.368. The number of hydrogen-bond donors (Lipinski definition) is 1. The van der Waals surface area contributed by atoms with Crippen molar-refractivity contribution in [2.75, 3.05) is 43.6 Å². The van der Waals surface area contributed by atoms with E-state index in [-0.39, 0.29) is 0 Å². The second kappa shape index (κ2) is 13.3. The van der Waals surface area contributed by atoms with Gasteiger partial charge in [-0.15, -0.1) is 5.69 Å². The molecule has 0 saturated carbocycles. The second-order valence-corrected chi connectivity index (χ2v) is 6.57. The summed E-state index contributed by atoms with van der Waals surface area (Å²) in [6.07, 6.45) is 0. The first kappa shape index (κ1) is 23.2. The van der Waals surface area contributed by atoms with Crippen molar-refractivity contribution >= 4 is 36.6 Å². The Labute approximate surface area is 178 Å². The monoisotopic (exact) mass is 471 g/mol. The summed E-state index contributed by atoms with van der Waals surface area (Å²) in [4.78, 5) is 2.10. The van der Waals surface area contributed by atoms with Gasteiger partial charge >= 0.3 is 22.4 Å². The quantitative estimate of drug-likeness (QED) is 0.447. The summed E-state index contributed by atoms with van der Waals surface area (Å²) in [5, 5.41) is 7.97. The normalized spacial score (nSPS) is 10.1. The summed E-state index contributed by atoms with van der Waals surface area (Å²) in [6, 6.07) is 15.0. The van der Waals surface area contributed by atoms with Crippen molar-refractivity contribution in [1.29, 1.82) is 0 Å². The zero-order valence-electron chi connectivity index (χ0n) is 15.1. The van der Waals surface area contributed by atoms with Crippen molar-refractivity contribution in [3.8, 4) is 11.1 Å². The van der Waals surface area contributed by atoms with E-state index in [4.69, 9.17) is 28.8 Å². The molecule has 0 atom stereocenters. The van der Waals surface area contributed by atoms with E-state index in [1.54, 1.807) is 0 Å². The summed E-state index contributed by atoms with van der Waals surface area (Å²) in [5.74, 6) is 1.36. The van der Waals surface area contributed by atoms with Gasteiger partial charge in [0, 0.05) is 26.3 Å². The molecule has 0 unspecified atom stereocenters. The molecular weight excluding hydrogens is 448 g/mol. The van der Waals surface area contributed by atoms with Crippen LogP contribution < -0.4 is 10.2 Å². The van der Waals surface area contributed by atoms with Crippen LogP contribution in [0.4, 0.5) is 11.4 Å². The number of hydrogen-bond acceptors (Lipinski definition) is 5. The van der Waals surface area contributed by atoms with Crippen molar-refractivity contribution in [2.45, 2.75) is 6.54 Å². The van der Waals surface area contributed by atoms with Crippen molar-refractivity contribution in [1.82, 2.24) is 5.32 Å². The van der Waals surface area contributed by atoms with Gasteiger partial charge in [-0.3, -0.25) is 0 Å². The third-order valence-electron chi connectivity index (χ3n) is 3.76. The fourth-order valence-corrected chi connectivity index (χ4v) is 2.71. The summed E-state index contributed by atoms with van der Waals surface area (Å²) in [6.45, 7) is 2.29. The van der Waals surface area contributed by atoms with E-state index in [1.807, 2.05) is 14.1 Å². The number of nitrogens with zero attached hydrogens (tertiary/aromatic N) is 2. The van der Waals surface area contributed by atoms with Crippen molar-refractivity contribution in [3.05, 3.63) is 53.3 Å². The predicted octanol–water partition coefficient (Wildman–Crippen LogP) is 3.49. The van der Waals surface area contributed by atoms with Gasteiger partial charge in [-0.2, -0.15) is 18.1 Å². The average Bonchev–Trinajstić information content (AvgIpc) is 2.68. The molecule has 4 nitrogen and oxygen atoms in total. The van der Waals surface area contributed by atoms with E-state index < -0.39 is 0 Å². The van der Waals surface area contributed by atoms with Crippen LogP contribution in [0.5, 0.6) is 0 Å². The topological polar surface area (TPSA) is 46.4 Å². The molecule has 0 aliphatic heterocycles. The van der Waals surface area contributed by atoms with Gasteiger partial charge in [0.15, 0.2) is 0 Å². The van der Waals surface area contributed by atoms with Crippen molar-refractivity contribution in [3.63, 3.8) is 0 Å². The van der Waals surface area contributed by atoms with E-state index in [0.29, 0.717) is 18.1 Å². The second-order valence-electron chi connectivity index (χ2n) is 5.75. The Bertz CT molecular complexity index is 654. The van der Waals surface area contributed by atoms with E-state index in [1.165, 1.54) is 22.4 Å². The molecule has 7 heteroatoms. The Balaban J connectivity index is 0.00000163. The van der Waals surface area contributed by atoms with Crippen LogP contribution in [0, 0.1) is 0 Å². The summed E-state index contributed by atoms with van der Waals surface area (Å²) in [7, 11) is 4.10. The van der Waals surface area contributed by atoms with Gasteiger partial charge in [-0.05, 0) is 35.4 Å². The summed E-state index contributed by atoms with van der Waals surface area (Å²) in [5.41, 5.74) is 5.82. The van der Waals surface area contributed by atoms with Gasteiger partial charge in [0.2, 0.25) is 0 Å². The molecule has 0 heterocycles. The third kappa shape index (κ3) is 7.41. The van der Waals surface area contributed by atoms with Crippen LogP contribution in [-0.4, -0.2) is 38.7 Å². The van der Waals surface area contributed by atoms with Gasteiger partial charge in [0.05, 0.1) is 0 Å². The molecule has 0 saturated heterocycles. The van der Waals surface area contributed by atoms with Gasteiger partial charge in [0.1, 0.15) is 0 Å². The molecule has 0 aromatic heterocycles. The molecule has 139 valence electrons. The summed E-state index contributed by atoms with van der Waals surface area (Å²) < 4.78 is 8.22. The Morgan fingerprint density at radius 3 is 2.23 bits per heavy atom. The Morgan fingerprint density at radius 1 is 1.00 bits per heavy atom. The number of benzene rings is 2. The predicted molar refractivity (Wildman–Crippen MR) is 111 cm³/mol. The van der Waals surface area contributed by atoms with Crippen molar-refractivity contribution < 1.29 is 22.4 Å². The van der Waals surface area contributed by atoms with Crippen LogP contribution in [0.2, 0.25) is 0 Å². The van der Waals surface area contributed by atoms with Crippen LogP contribution in [-0.2, 0) is 54.2 Å². The Morgan fingerprint density at radius 2 is 1.65 bits per heavy atom. The third-order valence-corrected chi connectivity index (χ3v) is 4.15. The number of rotatable bonds is 9. The minimum atomic E-state index is 0.646. The van der Waals surface area contributed by atoms with E-state index >= 15 is 0 Å². The van der Waals surface area contributed by atoms with Gasteiger partial charge in [-0.25, -0.2) is 0 Å². The molecule has 0 spiro atoms. The fourth-order valence-electron chi connectivity index (χ4n) is 2.47. The molecule has 0 bridgehead atoms. The zero-order valence-corrected chi connectivity index (χ0v) is 18.6. The first-order chi connectivity index (χ1) is 12.7. The first-order valence-corrected chi connectivity index (χ1v) is 10.2. The zero-order chi connectivity index (χ0) is 19.4.